The molecule has 0 aliphatic heterocycles. The summed E-state index contributed by atoms with van der Waals surface area (Å²) < 4.78 is 0. The number of amides is 1. The Morgan fingerprint density at radius 3 is 2.16 bits per heavy atom. The fourth-order valence-electron chi connectivity index (χ4n) is 1.63. The van der Waals surface area contributed by atoms with E-state index in [2.05, 4.69) is 21.2 Å². The number of benzene rings is 2. The summed E-state index contributed by atoms with van der Waals surface area (Å²) in [5, 5.41) is 4.34. The van der Waals surface area contributed by atoms with E-state index in [1.54, 1.807) is 24.3 Å². The molecule has 0 radical (unpaired) electrons. The van der Waals surface area contributed by atoms with E-state index in [1.165, 1.54) is 5.56 Å². The van der Waals surface area contributed by atoms with Crippen LogP contribution in [0.5, 0.6) is 0 Å². The molecule has 19 heavy (non-hydrogen) atoms. The lowest BCUT2D eigenvalue weighted by atomic mass is 10.1. The van der Waals surface area contributed by atoms with Crippen molar-refractivity contribution in [3.63, 3.8) is 0 Å². The third-order valence-electron chi connectivity index (χ3n) is 2.74. The van der Waals surface area contributed by atoms with Gasteiger partial charge in [0.15, 0.2) is 0 Å². The molecule has 0 fully saturated rings. The monoisotopic (exact) mass is 337 g/mol. The highest BCUT2D eigenvalue weighted by atomic mass is 79.9. The molecule has 1 amide bonds. The maximum atomic E-state index is 11.9. The standard InChI is InChI=1S/C15H13BrClNO/c16-9-11-1-3-12(4-2-11)10-18-15(19)13-5-7-14(17)8-6-13/h1-8H,9-10H2,(H,18,19). The fourth-order valence-corrected chi connectivity index (χ4v) is 2.13. The van der Waals surface area contributed by atoms with Crippen LogP contribution in [0.25, 0.3) is 0 Å². The maximum absolute atomic E-state index is 11.9. The topological polar surface area (TPSA) is 29.1 Å². The molecule has 0 aliphatic rings. The molecule has 0 saturated carbocycles. The average molecular weight is 339 g/mol. The van der Waals surface area contributed by atoms with Crippen LogP contribution in [-0.4, -0.2) is 5.91 Å². The Kier molecular flexibility index (Phi) is 5.00. The molecular formula is C15H13BrClNO. The van der Waals surface area contributed by atoms with Gasteiger partial charge in [0.1, 0.15) is 0 Å². The first-order valence-electron chi connectivity index (χ1n) is 5.86. The van der Waals surface area contributed by atoms with Crippen LogP contribution in [0.4, 0.5) is 0 Å². The van der Waals surface area contributed by atoms with Gasteiger partial charge in [0.2, 0.25) is 0 Å². The van der Waals surface area contributed by atoms with Gasteiger partial charge in [-0.25, -0.2) is 0 Å². The quantitative estimate of drug-likeness (QED) is 0.833. The molecule has 0 saturated heterocycles. The lowest BCUT2D eigenvalue weighted by molar-refractivity contribution is 0.0951. The van der Waals surface area contributed by atoms with Crippen LogP contribution in [0.3, 0.4) is 0 Å². The van der Waals surface area contributed by atoms with Gasteiger partial charge < -0.3 is 5.32 Å². The van der Waals surface area contributed by atoms with E-state index < -0.39 is 0 Å². The molecule has 0 aliphatic carbocycles. The van der Waals surface area contributed by atoms with Gasteiger partial charge in [0.05, 0.1) is 0 Å². The molecule has 2 nitrogen and oxygen atoms in total. The Hall–Kier alpha value is -1.32. The molecule has 0 unspecified atom stereocenters. The second kappa shape index (κ2) is 6.73. The van der Waals surface area contributed by atoms with Crippen molar-refractivity contribution in [1.82, 2.24) is 5.32 Å². The number of alkyl halides is 1. The summed E-state index contributed by atoms with van der Waals surface area (Å²) in [5.74, 6) is -0.0961. The molecule has 2 aromatic rings. The number of hydrogen-bond donors (Lipinski definition) is 1. The fraction of sp³-hybridized carbons (Fsp3) is 0.133. The van der Waals surface area contributed by atoms with Crippen LogP contribution in [-0.2, 0) is 11.9 Å². The summed E-state index contributed by atoms with van der Waals surface area (Å²) in [5.41, 5.74) is 2.90. The van der Waals surface area contributed by atoms with E-state index in [0.29, 0.717) is 17.1 Å². The number of rotatable bonds is 4. The van der Waals surface area contributed by atoms with Crippen LogP contribution < -0.4 is 5.32 Å². The normalized spacial score (nSPS) is 10.2. The minimum Gasteiger partial charge on any atom is -0.348 e. The summed E-state index contributed by atoms with van der Waals surface area (Å²) in [7, 11) is 0. The Bertz CT molecular complexity index is 551. The van der Waals surface area contributed by atoms with Crippen molar-refractivity contribution in [2.24, 2.45) is 0 Å². The van der Waals surface area contributed by atoms with Crippen molar-refractivity contribution in [3.8, 4) is 0 Å². The third kappa shape index (κ3) is 4.08. The van der Waals surface area contributed by atoms with Gasteiger partial charge in [-0.05, 0) is 35.4 Å². The Morgan fingerprint density at radius 2 is 1.58 bits per heavy atom. The minimum atomic E-state index is -0.0961. The Balaban J connectivity index is 1.94. The largest absolute Gasteiger partial charge is 0.348 e. The molecule has 0 heterocycles. The smallest absolute Gasteiger partial charge is 0.251 e. The number of halogens is 2. The first-order valence-corrected chi connectivity index (χ1v) is 7.36. The average Bonchev–Trinajstić information content (AvgIpc) is 2.46. The zero-order valence-electron chi connectivity index (χ0n) is 10.2. The summed E-state index contributed by atoms with van der Waals surface area (Å²) in [6, 6.07) is 15.0. The van der Waals surface area contributed by atoms with Gasteiger partial charge in [-0.1, -0.05) is 51.8 Å². The molecule has 0 bridgehead atoms. The van der Waals surface area contributed by atoms with Crippen molar-refractivity contribution in [2.45, 2.75) is 11.9 Å². The van der Waals surface area contributed by atoms with Gasteiger partial charge in [0, 0.05) is 22.5 Å². The molecule has 2 rings (SSSR count). The Labute approximate surface area is 125 Å². The van der Waals surface area contributed by atoms with Crippen molar-refractivity contribution >= 4 is 33.4 Å². The van der Waals surface area contributed by atoms with Crippen LogP contribution in [0, 0.1) is 0 Å². The SMILES string of the molecule is O=C(NCc1ccc(CBr)cc1)c1ccc(Cl)cc1. The lowest BCUT2D eigenvalue weighted by Crippen LogP contribution is -2.22. The summed E-state index contributed by atoms with van der Waals surface area (Å²) in [4.78, 5) is 11.9. The van der Waals surface area contributed by atoms with Crippen molar-refractivity contribution in [2.75, 3.05) is 0 Å². The highest BCUT2D eigenvalue weighted by Crippen LogP contribution is 2.10. The summed E-state index contributed by atoms with van der Waals surface area (Å²) in [6.07, 6.45) is 0. The van der Waals surface area contributed by atoms with Crippen molar-refractivity contribution in [1.29, 1.82) is 0 Å². The number of carbonyl (C=O) groups is 1. The zero-order chi connectivity index (χ0) is 13.7. The van der Waals surface area contributed by atoms with Crippen LogP contribution in [0.1, 0.15) is 21.5 Å². The number of nitrogens with one attached hydrogen (secondary N) is 1. The Morgan fingerprint density at radius 1 is 1.00 bits per heavy atom. The maximum Gasteiger partial charge on any atom is 0.251 e. The van der Waals surface area contributed by atoms with Gasteiger partial charge in [-0.15, -0.1) is 0 Å². The van der Waals surface area contributed by atoms with Gasteiger partial charge in [0.25, 0.3) is 5.91 Å². The molecule has 0 spiro atoms. The molecule has 4 heteroatoms. The van der Waals surface area contributed by atoms with Gasteiger partial charge in [-0.2, -0.15) is 0 Å². The first-order chi connectivity index (χ1) is 9.19. The second-order valence-corrected chi connectivity index (χ2v) is 5.14. The zero-order valence-corrected chi connectivity index (χ0v) is 12.5. The van der Waals surface area contributed by atoms with E-state index in [0.717, 1.165) is 10.9 Å². The minimum absolute atomic E-state index is 0.0961. The summed E-state index contributed by atoms with van der Waals surface area (Å²) >= 11 is 9.18. The van der Waals surface area contributed by atoms with Crippen molar-refractivity contribution < 1.29 is 4.79 Å². The lowest BCUT2D eigenvalue weighted by Gasteiger charge is -2.06. The number of carbonyl (C=O) groups excluding carboxylic acids is 1. The van der Waals surface area contributed by atoms with Crippen LogP contribution in [0.15, 0.2) is 48.5 Å². The van der Waals surface area contributed by atoms with E-state index >= 15 is 0 Å². The molecule has 2 aromatic carbocycles. The molecule has 1 N–H and O–H groups in total. The molecule has 0 aromatic heterocycles. The van der Waals surface area contributed by atoms with Crippen LogP contribution >= 0.6 is 27.5 Å². The first kappa shape index (κ1) is 14.1. The van der Waals surface area contributed by atoms with E-state index in [9.17, 15) is 4.79 Å². The number of hydrogen-bond acceptors (Lipinski definition) is 1. The van der Waals surface area contributed by atoms with Crippen molar-refractivity contribution in [3.05, 3.63) is 70.2 Å². The molecular weight excluding hydrogens is 326 g/mol. The van der Waals surface area contributed by atoms with E-state index in [-0.39, 0.29) is 5.91 Å². The van der Waals surface area contributed by atoms with E-state index in [1.807, 2.05) is 24.3 Å². The molecule has 98 valence electrons. The van der Waals surface area contributed by atoms with E-state index in [4.69, 9.17) is 11.6 Å². The summed E-state index contributed by atoms with van der Waals surface area (Å²) in [6.45, 7) is 0.518. The molecule has 0 atom stereocenters. The predicted molar refractivity (Wildman–Crippen MR) is 81.7 cm³/mol. The van der Waals surface area contributed by atoms with Gasteiger partial charge in [-0.3, -0.25) is 4.79 Å². The highest BCUT2D eigenvalue weighted by molar-refractivity contribution is 9.08. The third-order valence-corrected chi connectivity index (χ3v) is 3.64. The highest BCUT2D eigenvalue weighted by Gasteiger charge is 2.04. The second-order valence-electron chi connectivity index (χ2n) is 4.14. The van der Waals surface area contributed by atoms with Gasteiger partial charge >= 0.3 is 0 Å². The predicted octanol–water partition coefficient (Wildman–Crippen LogP) is 4.16. The van der Waals surface area contributed by atoms with Crippen LogP contribution in [0.2, 0.25) is 5.02 Å².